The maximum absolute atomic E-state index is 11.7. The van der Waals surface area contributed by atoms with E-state index >= 15 is 0 Å². The molecule has 1 amide bonds. The number of nitrogens with one attached hydrogen (secondary N) is 2. The molecule has 1 aliphatic rings. The largest absolute Gasteiger partial charge is 0.352 e. The van der Waals surface area contributed by atoms with E-state index in [1.807, 2.05) is 0 Å². The fourth-order valence-corrected chi connectivity index (χ4v) is 2.48. The molecular weight excluding hydrogens is 226 g/mol. The van der Waals surface area contributed by atoms with Crippen LogP contribution in [0.25, 0.3) is 0 Å². The van der Waals surface area contributed by atoms with Gasteiger partial charge in [0, 0.05) is 18.6 Å². The number of carbonyl (C=O) groups excluding carboxylic acids is 1. The highest BCUT2D eigenvalue weighted by Crippen LogP contribution is 2.10. The summed E-state index contributed by atoms with van der Waals surface area (Å²) < 4.78 is 0. The van der Waals surface area contributed by atoms with Crippen LogP contribution in [0.2, 0.25) is 0 Å². The molecule has 4 nitrogen and oxygen atoms in total. The van der Waals surface area contributed by atoms with Crippen LogP contribution in [-0.4, -0.2) is 49.1 Å². The highest BCUT2D eigenvalue weighted by atomic mass is 16.1. The highest BCUT2D eigenvalue weighted by molar-refractivity contribution is 5.78. The van der Waals surface area contributed by atoms with E-state index in [9.17, 15) is 4.79 Å². The van der Waals surface area contributed by atoms with E-state index in [4.69, 9.17) is 0 Å². The predicted molar refractivity (Wildman–Crippen MR) is 75.7 cm³/mol. The third-order valence-electron chi connectivity index (χ3n) is 3.84. The molecule has 1 saturated heterocycles. The van der Waals surface area contributed by atoms with E-state index < -0.39 is 0 Å². The average Bonchev–Trinajstić information content (AvgIpc) is 2.89. The maximum atomic E-state index is 11.7. The van der Waals surface area contributed by atoms with Crippen molar-refractivity contribution in [3.05, 3.63) is 0 Å². The number of rotatable bonds is 8. The summed E-state index contributed by atoms with van der Waals surface area (Å²) in [5.74, 6) is 0.123. The molecule has 0 spiro atoms. The quantitative estimate of drug-likeness (QED) is 0.688. The number of carbonyl (C=O) groups is 1. The fraction of sp³-hybridized carbons (Fsp3) is 0.929. The molecule has 4 heteroatoms. The zero-order valence-electron chi connectivity index (χ0n) is 12.2. The summed E-state index contributed by atoms with van der Waals surface area (Å²) in [6.45, 7) is 10.2. The standard InChI is InChI=1S/C14H29N3O/c1-4-13(5-2)16-14(18)11-15-10-12(3)17-8-6-7-9-17/h12-13,15H,4-11H2,1-3H3,(H,16,18). The normalized spacial score (nSPS) is 18.2. The van der Waals surface area contributed by atoms with Gasteiger partial charge in [0.25, 0.3) is 0 Å². The molecule has 0 aromatic rings. The van der Waals surface area contributed by atoms with E-state index in [0.29, 0.717) is 18.6 Å². The molecule has 1 unspecified atom stereocenters. The first-order valence-electron chi connectivity index (χ1n) is 7.41. The fourth-order valence-electron chi connectivity index (χ4n) is 2.48. The minimum absolute atomic E-state index is 0.123. The van der Waals surface area contributed by atoms with Crippen molar-refractivity contribution in [2.45, 2.75) is 58.5 Å². The van der Waals surface area contributed by atoms with Crippen molar-refractivity contribution >= 4 is 5.91 Å². The Morgan fingerprint density at radius 2 is 1.83 bits per heavy atom. The minimum atomic E-state index is 0.123. The lowest BCUT2D eigenvalue weighted by Gasteiger charge is -2.24. The van der Waals surface area contributed by atoms with E-state index in [1.54, 1.807) is 0 Å². The van der Waals surface area contributed by atoms with Gasteiger partial charge in [-0.05, 0) is 45.7 Å². The monoisotopic (exact) mass is 255 g/mol. The third kappa shape index (κ3) is 5.36. The summed E-state index contributed by atoms with van der Waals surface area (Å²) in [7, 11) is 0. The summed E-state index contributed by atoms with van der Waals surface area (Å²) in [6, 6.07) is 0.865. The smallest absolute Gasteiger partial charge is 0.234 e. The lowest BCUT2D eigenvalue weighted by atomic mass is 10.2. The van der Waals surface area contributed by atoms with Crippen LogP contribution in [-0.2, 0) is 4.79 Å². The van der Waals surface area contributed by atoms with Gasteiger partial charge in [0.2, 0.25) is 5.91 Å². The Labute approximate surface area is 111 Å². The number of amides is 1. The average molecular weight is 255 g/mol. The SMILES string of the molecule is CCC(CC)NC(=O)CNCC(C)N1CCCC1. The van der Waals surface area contributed by atoms with Gasteiger partial charge in [0.1, 0.15) is 0 Å². The van der Waals surface area contributed by atoms with Gasteiger partial charge in [-0.3, -0.25) is 9.69 Å². The second kappa shape index (κ2) is 8.48. The van der Waals surface area contributed by atoms with Gasteiger partial charge in [-0.25, -0.2) is 0 Å². The first-order chi connectivity index (χ1) is 8.67. The molecule has 0 aromatic heterocycles. The summed E-state index contributed by atoms with van der Waals surface area (Å²) in [5, 5.41) is 6.31. The Bertz CT molecular complexity index is 235. The van der Waals surface area contributed by atoms with Gasteiger partial charge < -0.3 is 10.6 Å². The van der Waals surface area contributed by atoms with Gasteiger partial charge in [-0.1, -0.05) is 13.8 Å². The van der Waals surface area contributed by atoms with Crippen molar-refractivity contribution in [1.29, 1.82) is 0 Å². The molecule has 1 fully saturated rings. The molecule has 0 radical (unpaired) electrons. The van der Waals surface area contributed by atoms with Crippen LogP contribution < -0.4 is 10.6 Å². The molecule has 0 aliphatic carbocycles. The molecule has 1 atom stereocenters. The van der Waals surface area contributed by atoms with Crippen molar-refractivity contribution in [1.82, 2.24) is 15.5 Å². The van der Waals surface area contributed by atoms with Crippen LogP contribution >= 0.6 is 0 Å². The topological polar surface area (TPSA) is 44.4 Å². The zero-order chi connectivity index (χ0) is 13.4. The first-order valence-corrected chi connectivity index (χ1v) is 7.41. The van der Waals surface area contributed by atoms with Gasteiger partial charge in [-0.2, -0.15) is 0 Å². The first kappa shape index (κ1) is 15.4. The van der Waals surface area contributed by atoms with E-state index in [2.05, 4.69) is 36.3 Å². The van der Waals surface area contributed by atoms with Crippen molar-refractivity contribution in [2.75, 3.05) is 26.2 Å². The van der Waals surface area contributed by atoms with Crippen LogP contribution in [0, 0.1) is 0 Å². The zero-order valence-corrected chi connectivity index (χ0v) is 12.2. The molecule has 1 rings (SSSR count). The molecule has 1 aliphatic heterocycles. The Morgan fingerprint density at radius 3 is 2.39 bits per heavy atom. The van der Waals surface area contributed by atoms with Gasteiger partial charge in [0.05, 0.1) is 6.54 Å². The van der Waals surface area contributed by atoms with Crippen molar-refractivity contribution in [2.24, 2.45) is 0 Å². The Hall–Kier alpha value is -0.610. The van der Waals surface area contributed by atoms with E-state index in [1.165, 1.54) is 25.9 Å². The number of nitrogens with zero attached hydrogens (tertiary/aromatic N) is 1. The summed E-state index contributed by atoms with van der Waals surface area (Å²) in [6.07, 6.45) is 4.65. The summed E-state index contributed by atoms with van der Waals surface area (Å²) >= 11 is 0. The lowest BCUT2D eigenvalue weighted by molar-refractivity contribution is -0.121. The number of hydrogen-bond acceptors (Lipinski definition) is 3. The van der Waals surface area contributed by atoms with Crippen LogP contribution in [0.5, 0.6) is 0 Å². The molecule has 0 aromatic carbocycles. The number of hydrogen-bond donors (Lipinski definition) is 2. The van der Waals surface area contributed by atoms with Gasteiger partial charge in [-0.15, -0.1) is 0 Å². The van der Waals surface area contributed by atoms with Gasteiger partial charge >= 0.3 is 0 Å². The van der Waals surface area contributed by atoms with E-state index in [0.717, 1.165) is 19.4 Å². The van der Waals surface area contributed by atoms with Crippen molar-refractivity contribution < 1.29 is 4.79 Å². The van der Waals surface area contributed by atoms with Crippen LogP contribution in [0.4, 0.5) is 0 Å². The minimum Gasteiger partial charge on any atom is -0.352 e. The van der Waals surface area contributed by atoms with Crippen LogP contribution in [0.3, 0.4) is 0 Å². The number of likely N-dealkylation sites (tertiary alicyclic amines) is 1. The maximum Gasteiger partial charge on any atom is 0.234 e. The Kier molecular flexibility index (Phi) is 7.28. The Balaban J connectivity index is 2.10. The predicted octanol–water partition coefficient (Wildman–Crippen LogP) is 1.37. The highest BCUT2D eigenvalue weighted by Gasteiger charge is 2.17. The molecule has 106 valence electrons. The lowest BCUT2D eigenvalue weighted by Crippen LogP contribution is -2.44. The molecule has 0 saturated carbocycles. The molecule has 2 N–H and O–H groups in total. The molecular formula is C14H29N3O. The summed E-state index contributed by atoms with van der Waals surface area (Å²) in [4.78, 5) is 14.2. The molecule has 0 bridgehead atoms. The van der Waals surface area contributed by atoms with E-state index in [-0.39, 0.29) is 5.91 Å². The molecule has 1 heterocycles. The second-order valence-electron chi connectivity index (χ2n) is 5.30. The van der Waals surface area contributed by atoms with Crippen molar-refractivity contribution in [3.8, 4) is 0 Å². The Morgan fingerprint density at radius 1 is 1.22 bits per heavy atom. The van der Waals surface area contributed by atoms with Crippen LogP contribution in [0.15, 0.2) is 0 Å². The molecule has 18 heavy (non-hydrogen) atoms. The third-order valence-corrected chi connectivity index (χ3v) is 3.84. The van der Waals surface area contributed by atoms with Gasteiger partial charge in [0.15, 0.2) is 0 Å². The second-order valence-corrected chi connectivity index (χ2v) is 5.30. The summed E-state index contributed by atoms with van der Waals surface area (Å²) in [5.41, 5.74) is 0. The van der Waals surface area contributed by atoms with Crippen LogP contribution in [0.1, 0.15) is 46.5 Å². The van der Waals surface area contributed by atoms with Crippen molar-refractivity contribution in [3.63, 3.8) is 0 Å².